The van der Waals surface area contributed by atoms with Gasteiger partial charge in [-0.3, -0.25) is 9.59 Å². The smallest absolute Gasteiger partial charge is 0.228 e. The molecule has 6 heteroatoms. The van der Waals surface area contributed by atoms with E-state index in [1.54, 1.807) is 17.0 Å². The first-order valence-electron chi connectivity index (χ1n) is 10.1. The average Bonchev–Trinajstić information content (AvgIpc) is 3.12. The van der Waals surface area contributed by atoms with E-state index >= 15 is 0 Å². The lowest BCUT2D eigenvalue weighted by molar-refractivity contribution is -0.136. The monoisotopic (exact) mass is 395 g/mol. The van der Waals surface area contributed by atoms with Crippen molar-refractivity contribution in [2.75, 3.05) is 42.5 Å². The Balaban J connectivity index is 1.37. The minimum Gasteiger partial charge on any atom is -0.368 e. The third-order valence-corrected chi connectivity index (χ3v) is 6.06. The number of anilines is 2. The highest BCUT2D eigenvalue weighted by atomic mass is 19.1. The van der Waals surface area contributed by atoms with Gasteiger partial charge in [0.2, 0.25) is 11.8 Å². The van der Waals surface area contributed by atoms with E-state index in [0.29, 0.717) is 32.7 Å². The number of amides is 2. The number of aryl methyl sites for hydroxylation is 2. The van der Waals surface area contributed by atoms with Gasteiger partial charge in [0.25, 0.3) is 0 Å². The van der Waals surface area contributed by atoms with E-state index in [4.69, 9.17) is 0 Å². The summed E-state index contributed by atoms with van der Waals surface area (Å²) in [6.45, 7) is 7.16. The van der Waals surface area contributed by atoms with E-state index in [1.165, 1.54) is 17.7 Å². The zero-order valence-electron chi connectivity index (χ0n) is 16.9. The van der Waals surface area contributed by atoms with E-state index < -0.39 is 0 Å². The molecule has 0 radical (unpaired) electrons. The Kier molecular flexibility index (Phi) is 5.26. The van der Waals surface area contributed by atoms with Crippen LogP contribution in [-0.2, 0) is 9.59 Å². The number of carbonyl (C=O) groups excluding carboxylic acids is 2. The molecule has 4 rings (SSSR count). The maximum Gasteiger partial charge on any atom is 0.228 e. The third kappa shape index (κ3) is 3.97. The van der Waals surface area contributed by atoms with Crippen LogP contribution in [0.3, 0.4) is 0 Å². The molecule has 0 unspecified atom stereocenters. The van der Waals surface area contributed by atoms with Crippen LogP contribution in [0.4, 0.5) is 15.8 Å². The fourth-order valence-electron chi connectivity index (χ4n) is 4.11. The number of hydrogen-bond donors (Lipinski definition) is 0. The highest BCUT2D eigenvalue weighted by Crippen LogP contribution is 2.28. The van der Waals surface area contributed by atoms with Gasteiger partial charge in [-0.15, -0.1) is 0 Å². The molecule has 2 aliphatic heterocycles. The summed E-state index contributed by atoms with van der Waals surface area (Å²) in [5.41, 5.74) is 4.17. The molecule has 29 heavy (non-hydrogen) atoms. The Bertz CT molecular complexity index is 920. The van der Waals surface area contributed by atoms with Crippen LogP contribution in [0.1, 0.15) is 17.5 Å². The Labute approximate surface area is 170 Å². The predicted octanol–water partition coefficient (Wildman–Crippen LogP) is 3.14. The molecule has 0 spiro atoms. The van der Waals surface area contributed by atoms with E-state index in [0.717, 1.165) is 16.9 Å². The average molecular weight is 395 g/mol. The van der Waals surface area contributed by atoms with Crippen molar-refractivity contribution < 1.29 is 14.0 Å². The molecular formula is C23H26FN3O2. The summed E-state index contributed by atoms with van der Waals surface area (Å²) >= 11 is 0. The molecule has 0 aromatic heterocycles. The number of rotatable bonds is 3. The number of halogens is 1. The van der Waals surface area contributed by atoms with Gasteiger partial charge in [-0.2, -0.15) is 0 Å². The van der Waals surface area contributed by atoms with Crippen molar-refractivity contribution in [1.29, 1.82) is 0 Å². The first kappa shape index (κ1) is 19.4. The van der Waals surface area contributed by atoms with Gasteiger partial charge in [0, 0.05) is 50.5 Å². The highest BCUT2D eigenvalue weighted by Gasteiger charge is 2.38. The summed E-state index contributed by atoms with van der Waals surface area (Å²) in [5.74, 6) is -0.469. The van der Waals surface area contributed by atoms with Crippen molar-refractivity contribution in [3.8, 4) is 0 Å². The summed E-state index contributed by atoms with van der Waals surface area (Å²) in [5, 5.41) is 0. The molecule has 2 heterocycles. The van der Waals surface area contributed by atoms with Gasteiger partial charge in [-0.05, 0) is 61.4 Å². The van der Waals surface area contributed by atoms with Gasteiger partial charge < -0.3 is 14.7 Å². The van der Waals surface area contributed by atoms with Gasteiger partial charge in [0.1, 0.15) is 5.82 Å². The Morgan fingerprint density at radius 2 is 1.59 bits per heavy atom. The number of carbonyl (C=O) groups is 2. The molecule has 152 valence electrons. The topological polar surface area (TPSA) is 43.9 Å². The number of nitrogens with zero attached hydrogens (tertiary/aromatic N) is 3. The zero-order valence-corrected chi connectivity index (χ0v) is 16.9. The quantitative estimate of drug-likeness (QED) is 0.802. The lowest BCUT2D eigenvalue weighted by atomic mass is 10.1. The van der Waals surface area contributed by atoms with Gasteiger partial charge in [0.15, 0.2) is 0 Å². The largest absolute Gasteiger partial charge is 0.368 e. The Hall–Kier alpha value is -2.89. The SMILES string of the molecule is Cc1ccc(N2C[C@H](C(=O)N3CCN(c4ccc(F)cc4)CC3)CC2=O)cc1C. The zero-order chi connectivity index (χ0) is 20.5. The van der Waals surface area contributed by atoms with Gasteiger partial charge in [0.05, 0.1) is 5.92 Å². The first-order valence-corrected chi connectivity index (χ1v) is 10.1. The second-order valence-electron chi connectivity index (χ2n) is 7.96. The molecule has 0 N–H and O–H groups in total. The minimum atomic E-state index is -0.290. The van der Waals surface area contributed by atoms with E-state index in [1.807, 2.05) is 36.9 Å². The maximum absolute atomic E-state index is 13.1. The molecule has 0 bridgehead atoms. The molecule has 5 nitrogen and oxygen atoms in total. The second-order valence-corrected chi connectivity index (χ2v) is 7.96. The van der Waals surface area contributed by atoms with Gasteiger partial charge >= 0.3 is 0 Å². The van der Waals surface area contributed by atoms with Crippen LogP contribution < -0.4 is 9.80 Å². The lowest BCUT2D eigenvalue weighted by Gasteiger charge is -2.37. The van der Waals surface area contributed by atoms with Crippen LogP contribution in [0.5, 0.6) is 0 Å². The summed E-state index contributed by atoms with van der Waals surface area (Å²) in [4.78, 5) is 31.3. The number of benzene rings is 2. The van der Waals surface area contributed by atoms with Crippen molar-refractivity contribution in [3.63, 3.8) is 0 Å². The van der Waals surface area contributed by atoms with E-state index in [-0.39, 0.29) is 30.0 Å². The molecule has 2 aromatic carbocycles. The Morgan fingerprint density at radius 3 is 2.24 bits per heavy atom. The summed E-state index contributed by atoms with van der Waals surface area (Å²) in [6.07, 6.45) is 0.268. The summed E-state index contributed by atoms with van der Waals surface area (Å²) in [7, 11) is 0. The molecule has 2 fully saturated rings. The number of hydrogen-bond acceptors (Lipinski definition) is 3. The molecule has 2 amide bonds. The molecule has 0 saturated carbocycles. The molecular weight excluding hydrogens is 369 g/mol. The minimum absolute atomic E-state index is 0.0107. The maximum atomic E-state index is 13.1. The van der Waals surface area contributed by atoms with Gasteiger partial charge in [-0.25, -0.2) is 4.39 Å². The van der Waals surface area contributed by atoms with Crippen molar-refractivity contribution >= 4 is 23.2 Å². The van der Waals surface area contributed by atoms with E-state index in [9.17, 15) is 14.0 Å². The standard InChI is InChI=1S/C23H26FN3O2/c1-16-3-6-21(13-17(16)2)27-15-18(14-22(27)28)23(29)26-11-9-25(10-12-26)20-7-4-19(24)5-8-20/h3-8,13,18H,9-12,14-15H2,1-2H3/t18-/m1/s1. The summed E-state index contributed by atoms with van der Waals surface area (Å²) in [6, 6.07) is 12.4. The number of piperazine rings is 1. The van der Waals surface area contributed by atoms with Crippen molar-refractivity contribution in [2.24, 2.45) is 5.92 Å². The molecule has 1 atom stereocenters. The van der Waals surface area contributed by atoms with E-state index in [2.05, 4.69) is 4.90 Å². The van der Waals surface area contributed by atoms with Crippen LogP contribution in [-0.4, -0.2) is 49.4 Å². The molecule has 2 aliphatic rings. The van der Waals surface area contributed by atoms with Crippen LogP contribution in [0.25, 0.3) is 0 Å². The normalized spacial score (nSPS) is 19.8. The van der Waals surface area contributed by atoms with Crippen molar-refractivity contribution in [3.05, 3.63) is 59.4 Å². The summed E-state index contributed by atoms with van der Waals surface area (Å²) < 4.78 is 13.1. The highest BCUT2D eigenvalue weighted by molar-refractivity contribution is 6.00. The van der Waals surface area contributed by atoms with Crippen LogP contribution >= 0.6 is 0 Å². The predicted molar refractivity (Wildman–Crippen MR) is 112 cm³/mol. The lowest BCUT2D eigenvalue weighted by Crippen LogP contribution is -2.50. The van der Waals surface area contributed by atoms with Crippen LogP contribution in [0.15, 0.2) is 42.5 Å². The van der Waals surface area contributed by atoms with Crippen molar-refractivity contribution in [2.45, 2.75) is 20.3 Å². The second kappa shape index (κ2) is 7.85. The third-order valence-electron chi connectivity index (χ3n) is 6.06. The van der Waals surface area contributed by atoms with Gasteiger partial charge in [-0.1, -0.05) is 6.07 Å². The van der Waals surface area contributed by atoms with Crippen LogP contribution in [0, 0.1) is 25.6 Å². The molecule has 2 saturated heterocycles. The molecule has 2 aromatic rings. The fourth-order valence-corrected chi connectivity index (χ4v) is 4.11. The van der Waals surface area contributed by atoms with Crippen molar-refractivity contribution in [1.82, 2.24) is 4.90 Å². The first-order chi connectivity index (χ1) is 13.9. The van der Waals surface area contributed by atoms with Crippen LogP contribution in [0.2, 0.25) is 0 Å². The fraction of sp³-hybridized carbons (Fsp3) is 0.391. The Morgan fingerprint density at radius 1 is 0.931 bits per heavy atom. The molecule has 0 aliphatic carbocycles.